The molecule has 0 spiro atoms. The first-order chi connectivity index (χ1) is 10.2. The van der Waals surface area contributed by atoms with Gasteiger partial charge in [0.15, 0.2) is 6.29 Å². The molecule has 1 N–H and O–H groups in total. The van der Waals surface area contributed by atoms with Crippen LogP contribution < -0.4 is 0 Å². The first kappa shape index (κ1) is 18.8. The van der Waals surface area contributed by atoms with Gasteiger partial charge in [-0.15, -0.1) is 0 Å². The van der Waals surface area contributed by atoms with E-state index in [1.165, 1.54) is 0 Å². The molecular formula is C16H32O5. The van der Waals surface area contributed by atoms with Crippen molar-refractivity contribution in [1.82, 2.24) is 0 Å². The maximum absolute atomic E-state index is 10.2. The second kappa shape index (κ2) is 10.5. The summed E-state index contributed by atoms with van der Waals surface area (Å²) in [4.78, 5) is 0. The topological polar surface area (TPSA) is 57.2 Å². The summed E-state index contributed by atoms with van der Waals surface area (Å²) in [6, 6.07) is 0. The first-order valence-corrected chi connectivity index (χ1v) is 8.27. The highest BCUT2D eigenvalue weighted by molar-refractivity contribution is 4.85. The van der Waals surface area contributed by atoms with Crippen LogP contribution >= 0.6 is 0 Å². The number of ether oxygens (including phenoxy) is 4. The molecule has 1 saturated heterocycles. The van der Waals surface area contributed by atoms with Gasteiger partial charge >= 0.3 is 0 Å². The van der Waals surface area contributed by atoms with Crippen molar-refractivity contribution in [3.63, 3.8) is 0 Å². The van der Waals surface area contributed by atoms with E-state index in [0.29, 0.717) is 19.6 Å². The minimum Gasteiger partial charge on any atom is -0.376 e. The van der Waals surface area contributed by atoms with Gasteiger partial charge in [0.25, 0.3) is 0 Å². The van der Waals surface area contributed by atoms with Gasteiger partial charge in [-0.25, -0.2) is 0 Å². The summed E-state index contributed by atoms with van der Waals surface area (Å²) < 4.78 is 23.0. The van der Waals surface area contributed by atoms with Crippen molar-refractivity contribution in [3.8, 4) is 0 Å². The van der Waals surface area contributed by atoms with Gasteiger partial charge in [-0.1, -0.05) is 27.2 Å². The standard InChI is InChI=1S/C16H32O5/c1-5-8-10-19-13-9-11-20-16(17)15(14(13)18-4)21-12(6-2)7-3/h12-17H,5-11H2,1-4H3/t13-,14-,15-,16?/m1/s1. The largest absolute Gasteiger partial charge is 0.376 e. The third kappa shape index (κ3) is 5.83. The Labute approximate surface area is 128 Å². The molecule has 21 heavy (non-hydrogen) atoms. The zero-order valence-corrected chi connectivity index (χ0v) is 13.9. The van der Waals surface area contributed by atoms with Gasteiger partial charge in [0.1, 0.15) is 12.2 Å². The summed E-state index contributed by atoms with van der Waals surface area (Å²) in [6.45, 7) is 7.45. The monoisotopic (exact) mass is 304 g/mol. The molecule has 1 fully saturated rings. The van der Waals surface area contributed by atoms with Crippen LogP contribution in [-0.4, -0.2) is 56.1 Å². The molecule has 0 aromatic heterocycles. The minimum absolute atomic E-state index is 0.0975. The lowest BCUT2D eigenvalue weighted by Gasteiger charge is -2.33. The molecule has 126 valence electrons. The number of hydrogen-bond acceptors (Lipinski definition) is 5. The molecule has 1 unspecified atom stereocenters. The molecule has 0 amide bonds. The Kier molecular flexibility index (Phi) is 9.44. The zero-order chi connectivity index (χ0) is 15.7. The molecule has 0 bridgehead atoms. The van der Waals surface area contributed by atoms with Gasteiger partial charge in [0.05, 0.1) is 18.8 Å². The van der Waals surface area contributed by atoms with E-state index in [4.69, 9.17) is 18.9 Å². The van der Waals surface area contributed by atoms with Crippen molar-refractivity contribution >= 4 is 0 Å². The molecule has 1 rings (SSSR count). The second-order valence-electron chi connectivity index (χ2n) is 5.55. The quantitative estimate of drug-likeness (QED) is 0.663. The van der Waals surface area contributed by atoms with Crippen molar-refractivity contribution in [3.05, 3.63) is 0 Å². The molecule has 0 aromatic carbocycles. The molecule has 0 saturated carbocycles. The smallest absolute Gasteiger partial charge is 0.183 e. The van der Waals surface area contributed by atoms with Crippen LogP contribution in [-0.2, 0) is 18.9 Å². The van der Waals surface area contributed by atoms with E-state index in [2.05, 4.69) is 20.8 Å². The number of aliphatic hydroxyl groups is 1. The molecule has 5 heteroatoms. The molecular weight excluding hydrogens is 272 g/mol. The third-order valence-corrected chi connectivity index (χ3v) is 4.02. The van der Waals surface area contributed by atoms with Crippen molar-refractivity contribution in [2.24, 2.45) is 0 Å². The summed E-state index contributed by atoms with van der Waals surface area (Å²) in [7, 11) is 1.64. The maximum Gasteiger partial charge on any atom is 0.183 e. The van der Waals surface area contributed by atoms with E-state index in [1.807, 2.05) is 0 Å². The van der Waals surface area contributed by atoms with Crippen LogP contribution in [0.4, 0.5) is 0 Å². The van der Waals surface area contributed by atoms with Gasteiger partial charge in [-0.05, 0) is 25.7 Å². The van der Waals surface area contributed by atoms with Crippen LogP contribution in [0.3, 0.4) is 0 Å². The van der Waals surface area contributed by atoms with Gasteiger partial charge in [-0.2, -0.15) is 0 Å². The Bertz CT molecular complexity index is 257. The number of hydrogen-bond donors (Lipinski definition) is 1. The zero-order valence-electron chi connectivity index (χ0n) is 13.9. The molecule has 5 nitrogen and oxygen atoms in total. The van der Waals surface area contributed by atoms with Crippen LogP contribution in [0.25, 0.3) is 0 Å². The van der Waals surface area contributed by atoms with Crippen molar-refractivity contribution < 1.29 is 24.1 Å². The van der Waals surface area contributed by atoms with Crippen LogP contribution in [0.5, 0.6) is 0 Å². The number of aliphatic hydroxyl groups excluding tert-OH is 1. The lowest BCUT2D eigenvalue weighted by atomic mass is 10.0. The Morgan fingerprint density at radius 2 is 1.90 bits per heavy atom. The lowest BCUT2D eigenvalue weighted by molar-refractivity contribution is -0.222. The highest BCUT2D eigenvalue weighted by Gasteiger charge is 2.40. The van der Waals surface area contributed by atoms with Crippen LogP contribution in [0.15, 0.2) is 0 Å². The maximum atomic E-state index is 10.2. The van der Waals surface area contributed by atoms with Crippen molar-refractivity contribution in [1.29, 1.82) is 0 Å². The van der Waals surface area contributed by atoms with E-state index in [-0.39, 0.29) is 18.3 Å². The van der Waals surface area contributed by atoms with Crippen LogP contribution in [0, 0.1) is 0 Å². The minimum atomic E-state index is -0.963. The fraction of sp³-hybridized carbons (Fsp3) is 1.00. The van der Waals surface area contributed by atoms with Gasteiger partial charge in [-0.3, -0.25) is 0 Å². The predicted octanol–water partition coefficient (Wildman–Crippen LogP) is 2.50. The van der Waals surface area contributed by atoms with Crippen LogP contribution in [0.2, 0.25) is 0 Å². The summed E-state index contributed by atoms with van der Waals surface area (Å²) in [5.41, 5.74) is 0. The third-order valence-electron chi connectivity index (χ3n) is 4.02. The average molecular weight is 304 g/mol. The highest BCUT2D eigenvalue weighted by atomic mass is 16.6. The van der Waals surface area contributed by atoms with E-state index in [1.54, 1.807) is 7.11 Å². The Balaban J connectivity index is 2.73. The first-order valence-electron chi connectivity index (χ1n) is 8.27. The van der Waals surface area contributed by atoms with Crippen molar-refractivity contribution in [2.75, 3.05) is 20.3 Å². The molecule has 0 aliphatic carbocycles. The van der Waals surface area contributed by atoms with Crippen LogP contribution in [0.1, 0.15) is 52.9 Å². The summed E-state index contributed by atoms with van der Waals surface area (Å²) in [5, 5.41) is 10.2. The fourth-order valence-corrected chi connectivity index (χ4v) is 2.63. The van der Waals surface area contributed by atoms with Gasteiger partial charge < -0.3 is 24.1 Å². The second-order valence-corrected chi connectivity index (χ2v) is 5.55. The molecule has 0 radical (unpaired) electrons. The van der Waals surface area contributed by atoms with E-state index in [9.17, 15) is 5.11 Å². The Hall–Kier alpha value is -0.200. The molecule has 1 aliphatic heterocycles. The average Bonchev–Trinajstić information content (AvgIpc) is 2.64. The lowest BCUT2D eigenvalue weighted by Crippen LogP contribution is -2.48. The summed E-state index contributed by atoms with van der Waals surface area (Å²) >= 11 is 0. The van der Waals surface area contributed by atoms with E-state index < -0.39 is 12.4 Å². The summed E-state index contributed by atoms with van der Waals surface area (Å²) in [5.74, 6) is 0. The fourth-order valence-electron chi connectivity index (χ4n) is 2.63. The van der Waals surface area contributed by atoms with E-state index in [0.717, 1.165) is 25.7 Å². The summed E-state index contributed by atoms with van der Waals surface area (Å²) in [6.07, 6.45) is 2.85. The van der Waals surface area contributed by atoms with Gasteiger partial charge in [0.2, 0.25) is 0 Å². The Morgan fingerprint density at radius 3 is 2.48 bits per heavy atom. The molecule has 1 aliphatic rings. The molecule has 4 atom stereocenters. The van der Waals surface area contributed by atoms with Crippen molar-refractivity contribution in [2.45, 2.75) is 83.6 Å². The number of rotatable bonds is 9. The number of methoxy groups -OCH3 is 1. The predicted molar refractivity (Wildman–Crippen MR) is 81.3 cm³/mol. The number of unbranched alkanes of at least 4 members (excludes halogenated alkanes) is 1. The Morgan fingerprint density at radius 1 is 1.19 bits per heavy atom. The molecule has 1 heterocycles. The SMILES string of the molecule is CCCCO[C@@H]1CCOC(O)[C@H](OC(CC)CC)[C@@H]1OC. The normalized spacial score (nSPS) is 30.6. The van der Waals surface area contributed by atoms with Gasteiger partial charge in [0, 0.05) is 13.7 Å². The van der Waals surface area contributed by atoms with E-state index >= 15 is 0 Å². The highest BCUT2D eigenvalue weighted by Crippen LogP contribution is 2.24. The molecule has 0 aromatic rings.